The van der Waals surface area contributed by atoms with Crippen LogP contribution in [0.1, 0.15) is 28.8 Å². The first-order valence-corrected chi connectivity index (χ1v) is 10.8. The van der Waals surface area contributed by atoms with Crippen LogP contribution in [0.3, 0.4) is 0 Å². The quantitative estimate of drug-likeness (QED) is 0.360. The van der Waals surface area contributed by atoms with Gasteiger partial charge in [-0.05, 0) is 60.2 Å². The molecule has 5 rings (SSSR count). The number of hydrogen-bond acceptors (Lipinski definition) is 6. The molecule has 1 N–H and O–H groups in total. The summed E-state index contributed by atoms with van der Waals surface area (Å²) in [7, 11) is 3.02. The molecule has 1 aliphatic rings. The lowest BCUT2D eigenvalue weighted by Gasteiger charge is -2.21. The zero-order valence-corrected chi connectivity index (χ0v) is 18.5. The topological polar surface area (TPSA) is 69.7 Å². The van der Waals surface area contributed by atoms with Crippen LogP contribution in [-0.2, 0) is 10.3 Å². The second-order valence-electron chi connectivity index (χ2n) is 8.07. The summed E-state index contributed by atoms with van der Waals surface area (Å²) in [5.41, 5.74) is 1.42. The number of rotatable bonds is 7. The highest BCUT2D eigenvalue weighted by Gasteiger charge is 2.45. The van der Waals surface area contributed by atoms with Gasteiger partial charge in [-0.2, -0.15) is 0 Å². The summed E-state index contributed by atoms with van der Waals surface area (Å²) >= 11 is 0. The minimum atomic E-state index is -0.339. The molecule has 0 radical (unpaired) electrons. The molecule has 1 aromatic heterocycles. The Bertz CT molecular complexity index is 1310. The fraction of sp³-hybridized carbons (Fsp3) is 0.185. The third-order valence-corrected chi connectivity index (χ3v) is 5.99. The predicted molar refractivity (Wildman–Crippen MR) is 127 cm³/mol. The zero-order chi connectivity index (χ0) is 22.8. The molecule has 0 spiro atoms. The summed E-state index contributed by atoms with van der Waals surface area (Å²) in [6.45, 7) is 0. The van der Waals surface area contributed by atoms with E-state index in [9.17, 15) is 4.79 Å². The van der Waals surface area contributed by atoms with Gasteiger partial charge in [-0.25, -0.2) is 9.78 Å². The van der Waals surface area contributed by atoms with Crippen LogP contribution >= 0.6 is 0 Å². The van der Waals surface area contributed by atoms with E-state index in [4.69, 9.17) is 14.2 Å². The lowest BCUT2D eigenvalue weighted by Crippen LogP contribution is -2.20. The number of pyridine rings is 1. The van der Waals surface area contributed by atoms with Gasteiger partial charge < -0.3 is 19.5 Å². The van der Waals surface area contributed by atoms with Crippen LogP contribution in [0.2, 0.25) is 0 Å². The first kappa shape index (κ1) is 20.8. The standard InChI is InChI=1S/C27H24N2O4/c1-31-21-6-4-7-22(17-21)33-23-8-3-5-18-13-16-28-25(24(18)23)29-27(14-15-27)20-11-9-19(10-12-20)26(30)32-2/h3-13,16-17H,14-15H2,1-2H3,(H,28,29). The van der Waals surface area contributed by atoms with Crippen molar-refractivity contribution in [1.29, 1.82) is 0 Å². The molecule has 33 heavy (non-hydrogen) atoms. The minimum Gasteiger partial charge on any atom is -0.497 e. The molecule has 166 valence electrons. The van der Waals surface area contributed by atoms with Crippen molar-refractivity contribution in [2.24, 2.45) is 0 Å². The van der Waals surface area contributed by atoms with Gasteiger partial charge in [-0.15, -0.1) is 0 Å². The number of carbonyl (C=O) groups is 1. The minimum absolute atomic E-state index is 0.223. The number of nitrogens with zero attached hydrogens (tertiary/aromatic N) is 1. The van der Waals surface area contributed by atoms with Gasteiger partial charge in [0.1, 0.15) is 23.1 Å². The van der Waals surface area contributed by atoms with Crippen LogP contribution in [0.5, 0.6) is 17.2 Å². The molecule has 0 unspecified atom stereocenters. The van der Waals surface area contributed by atoms with Gasteiger partial charge in [0.2, 0.25) is 0 Å². The molecule has 0 saturated heterocycles. The second-order valence-corrected chi connectivity index (χ2v) is 8.07. The van der Waals surface area contributed by atoms with E-state index < -0.39 is 0 Å². The number of fused-ring (bicyclic) bond motifs is 1. The Kier molecular flexibility index (Phi) is 5.34. The van der Waals surface area contributed by atoms with Crippen molar-refractivity contribution >= 4 is 22.6 Å². The Morgan fingerprint density at radius 2 is 1.70 bits per heavy atom. The van der Waals surface area contributed by atoms with E-state index in [1.54, 1.807) is 25.4 Å². The van der Waals surface area contributed by atoms with Gasteiger partial charge in [-0.3, -0.25) is 0 Å². The number of benzene rings is 3. The Morgan fingerprint density at radius 3 is 2.42 bits per heavy atom. The molecule has 1 aliphatic carbocycles. The summed E-state index contributed by atoms with van der Waals surface area (Å²) < 4.78 is 16.4. The van der Waals surface area contributed by atoms with E-state index >= 15 is 0 Å². The normalized spacial score (nSPS) is 13.9. The Labute approximate surface area is 192 Å². The Balaban J connectivity index is 1.49. The van der Waals surface area contributed by atoms with Crippen molar-refractivity contribution in [2.45, 2.75) is 18.4 Å². The second kappa shape index (κ2) is 8.47. The lowest BCUT2D eigenvalue weighted by atomic mass is 10.0. The SMILES string of the molecule is COC(=O)c1ccc(C2(Nc3nccc4cccc(Oc5cccc(OC)c5)c34)CC2)cc1. The molecule has 0 atom stereocenters. The van der Waals surface area contributed by atoms with Gasteiger partial charge in [0.25, 0.3) is 0 Å². The molecule has 1 fully saturated rings. The first-order valence-electron chi connectivity index (χ1n) is 10.8. The summed E-state index contributed by atoms with van der Waals surface area (Å²) in [5, 5.41) is 5.62. The molecular formula is C27H24N2O4. The van der Waals surface area contributed by atoms with Crippen LogP contribution in [0, 0.1) is 0 Å². The number of methoxy groups -OCH3 is 2. The van der Waals surface area contributed by atoms with Gasteiger partial charge in [0.05, 0.1) is 30.7 Å². The molecule has 1 saturated carbocycles. The molecule has 4 aromatic rings. The number of hydrogen-bond donors (Lipinski definition) is 1. The molecule has 0 amide bonds. The van der Waals surface area contributed by atoms with Crippen LogP contribution in [0.15, 0.2) is 79.0 Å². The number of ether oxygens (including phenoxy) is 3. The molecule has 6 nitrogen and oxygen atoms in total. The zero-order valence-electron chi connectivity index (χ0n) is 18.5. The third-order valence-electron chi connectivity index (χ3n) is 5.99. The monoisotopic (exact) mass is 440 g/mol. The van der Waals surface area contributed by atoms with Gasteiger partial charge in [-0.1, -0.05) is 30.3 Å². The van der Waals surface area contributed by atoms with E-state index in [0.29, 0.717) is 17.1 Å². The molecule has 0 aliphatic heterocycles. The van der Waals surface area contributed by atoms with E-state index in [0.717, 1.165) is 40.7 Å². The molecule has 6 heteroatoms. The maximum Gasteiger partial charge on any atom is 0.337 e. The van der Waals surface area contributed by atoms with Crippen molar-refractivity contribution in [3.8, 4) is 17.2 Å². The average Bonchev–Trinajstić information content (AvgIpc) is 3.64. The number of carbonyl (C=O) groups excluding carboxylic acids is 1. The van der Waals surface area contributed by atoms with Gasteiger partial charge >= 0.3 is 5.97 Å². The average molecular weight is 440 g/mol. The third kappa shape index (κ3) is 4.07. The fourth-order valence-electron chi connectivity index (χ4n) is 4.05. The maximum absolute atomic E-state index is 11.8. The predicted octanol–water partition coefficient (Wildman–Crippen LogP) is 5.92. The maximum atomic E-state index is 11.8. The van der Waals surface area contributed by atoms with E-state index in [2.05, 4.69) is 10.3 Å². The summed E-state index contributed by atoms with van der Waals surface area (Å²) in [4.78, 5) is 16.4. The summed E-state index contributed by atoms with van der Waals surface area (Å²) in [5.74, 6) is 2.57. The number of esters is 1. The van der Waals surface area contributed by atoms with Crippen molar-refractivity contribution in [2.75, 3.05) is 19.5 Å². The highest BCUT2D eigenvalue weighted by Crippen LogP contribution is 2.49. The largest absolute Gasteiger partial charge is 0.497 e. The molecule has 3 aromatic carbocycles. The number of anilines is 1. The lowest BCUT2D eigenvalue weighted by molar-refractivity contribution is 0.0600. The highest BCUT2D eigenvalue weighted by atomic mass is 16.5. The van der Waals surface area contributed by atoms with Gasteiger partial charge in [0, 0.05) is 12.3 Å². The summed E-state index contributed by atoms with van der Waals surface area (Å²) in [6, 6.07) is 23.0. The fourth-order valence-corrected chi connectivity index (χ4v) is 4.05. The number of nitrogens with one attached hydrogen (secondary N) is 1. The summed E-state index contributed by atoms with van der Waals surface area (Å²) in [6.07, 6.45) is 3.75. The number of aromatic nitrogens is 1. The van der Waals surface area contributed by atoms with Crippen LogP contribution in [0.4, 0.5) is 5.82 Å². The van der Waals surface area contributed by atoms with Crippen molar-refractivity contribution in [3.63, 3.8) is 0 Å². The van der Waals surface area contributed by atoms with Gasteiger partial charge in [0.15, 0.2) is 0 Å². The molecular weight excluding hydrogens is 416 g/mol. The van der Waals surface area contributed by atoms with Crippen LogP contribution in [-0.4, -0.2) is 25.2 Å². The van der Waals surface area contributed by atoms with E-state index in [1.807, 2.05) is 60.7 Å². The van der Waals surface area contributed by atoms with Crippen molar-refractivity contribution < 1.29 is 19.0 Å². The Morgan fingerprint density at radius 1 is 0.939 bits per heavy atom. The highest BCUT2D eigenvalue weighted by molar-refractivity contribution is 5.97. The molecule has 1 heterocycles. The first-order chi connectivity index (χ1) is 16.1. The van der Waals surface area contributed by atoms with Crippen molar-refractivity contribution in [1.82, 2.24) is 4.98 Å². The van der Waals surface area contributed by atoms with Crippen LogP contribution in [0.25, 0.3) is 10.8 Å². The molecule has 0 bridgehead atoms. The van der Waals surface area contributed by atoms with E-state index in [-0.39, 0.29) is 11.5 Å². The van der Waals surface area contributed by atoms with Crippen molar-refractivity contribution in [3.05, 3.63) is 90.1 Å². The van der Waals surface area contributed by atoms with E-state index in [1.165, 1.54) is 7.11 Å². The smallest absolute Gasteiger partial charge is 0.337 e. The van der Waals surface area contributed by atoms with Crippen LogP contribution < -0.4 is 14.8 Å². The Hall–Kier alpha value is -4.06.